The first-order valence-corrected chi connectivity index (χ1v) is 13.2. The van der Waals surface area contributed by atoms with Gasteiger partial charge in [0.15, 0.2) is 0 Å². The maximum atomic E-state index is 13.5. The second-order valence-electron chi connectivity index (χ2n) is 8.09. The summed E-state index contributed by atoms with van der Waals surface area (Å²) in [5, 5.41) is 0.915. The zero-order valence-electron chi connectivity index (χ0n) is 19.7. The Labute approximate surface area is 220 Å². The molecule has 0 saturated carbocycles. The van der Waals surface area contributed by atoms with E-state index in [1.807, 2.05) is 31.2 Å². The highest BCUT2D eigenvalue weighted by Gasteiger charge is 2.26. The Morgan fingerprint density at radius 2 is 1.67 bits per heavy atom. The first-order chi connectivity index (χ1) is 17.2. The molecule has 0 aliphatic carbocycles. The molecule has 0 N–H and O–H groups in total. The van der Waals surface area contributed by atoms with E-state index in [-0.39, 0.29) is 18.0 Å². The quantitative estimate of drug-likeness (QED) is 0.212. The average molecular weight is 543 g/mol. The van der Waals surface area contributed by atoms with Gasteiger partial charge in [0.2, 0.25) is 10.0 Å². The van der Waals surface area contributed by atoms with Crippen molar-refractivity contribution in [3.8, 4) is 5.75 Å². The van der Waals surface area contributed by atoms with Gasteiger partial charge in [-0.1, -0.05) is 53.0 Å². The summed E-state index contributed by atoms with van der Waals surface area (Å²) in [7, 11) is -2.28. The third kappa shape index (κ3) is 6.36. The summed E-state index contributed by atoms with van der Waals surface area (Å²) in [6.07, 6.45) is 1.56. The number of ether oxygens (including phenoxy) is 1. The molecule has 6 nitrogen and oxygen atoms in total. The number of halogens is 2. The predicted octanol–water partition coefficient (Wildman–Crippen LogP) is 7.05. The fraction of sp³-hybridized carbons (Fsp3) is 0.148. The monoisotopic (exact) mass is 542 g/mol. The zero-order chi connectivity index (χ0) is 25.7. The Kier molecular flexibility index (Phi) is 8.16. The second-order valence-corrected chi connectivity index (χ2v) is 10.9. The van der Waals surface area contributed by atoms with E-state index in [2.05, 4.69) is 4.99 Å². The first-order valence-electron chi connectivity index (χ1n) is 11.0. The van der Waals surface area contributed by atoms with Crippen LogP contribution in [0.5, 0.6) is 5.75 Å². The molecule has 4 aromatic rings. The lowest BCUT2D eigenvalue weighted by molar-refractivity contribution is 0.357. The molecule has 0 unspecified atom stereocenters. The van der Waals surface area contributed by atoms with Gasteiger partial charge in [0.1, 0.15) is 17.3 Å². The number of nitrogens with zero attached hydrogens (tertiary/aromatic N) is 2. The molecule has 0 amide bonds. The summed E-state index contributed by atoms with van der Waals surface area (Å²) in [6.45, 7) is 2.21. The Morgan fingerprint density at radius 3 is 2.33 bits per heavy atom. The van der Waals surface area contributed by atoms with Crippen LogP contribution in [0.2, 0.25) is 10.0 Å². The maximum Gasteiger partial charge on any atom is 0.243 e. The molecule has 1 heterocycles. The van der Waals surface area contributed by atoms with Crippen molar-refractivity contribution in [1.29, 1.82) is 0 Å². The van der Waals surface area contributed by atoms with Crippen molar-refractivity contribution in [2.45, 2.75) is 24.9 Å². The smallest absolute Gasteiger partial charge is 0.243 e. The van der Waals surface area contributed by atoms with Gasteiger partial charge in [-0.25, -0.2) is 8.42 Å². The van der Waals surface area contributed by atoms with Crippen LogP contribution in [0.4, 0.5) is 5.69 Å². The Morgan fingerprint density at radius 1 is 0.944 bits per heavy atom. The van der Waals surface area contributed by atoms with Crippen molar-refractivity contribution in [1.82, 2.24) is 4.31 Å². The van der Waals surface area contributed by atoms with Crippen LogP contribution in [0.15, 0.2) is 93.2 Å². The van der Waals surface area contributed by atoms with Crippen molar-refractivity contribution >= 4 is 45.1 Å². The van der Waals surface area contributed by atoms with Gasteiger partial charge in [-0.15, -0.1) is 0 Å². The van der Waals surface area contributed by atoms with E-state index in [1.165, 1.54) is 16.4 Å². The van der Waals surface area contributed by atoms with E-state index in [1.54, 1.807) is 55.8 Å². The first kappa shape index (κ1) is 26.0. The van der Waals surface area contributed by atoms with Crippen LogP contribution in [0, 0.1) is 6.92 Å². The standard InChI is InChI=1S/C27H24Cl2N2O4S/c1-19-3-5-20(6-4-19)17-31(36(32,33)25-12-7-21(28)8-13-25)18-24-11-10-23(35-24)16-30-22-9-14-27(34-2)26(29)15-22/h3-16H,17-18H2,1-2H3. The van der Waals surface area contributed by atoms with Crippen LogP contribution in [0.3, 0.4) is 0 Å². The highest BCUT2D eigenvalue weighted by Crippen LogP contribution is 2.29. The average Bonchev–Trinajstić information content (AvgIpc) is 3.31. The van der Waals surface area contributed by atoms with E-state index in [4.69, 9.17) is 32.4 Å². The number of sulfonamides is 1. The third-order valence-corrected chi connectivity index (χ3v) is 7.78. The number of aliphatic imine (C=N–C) groups is 1. The van der Waals surface area contributed by atoms with E-state index >= 15 is 0 Å². The van der Waals surface area contributed by atoms with Gasteiger partial charge in [-0.3, -0.25) is 4.99 Å². The predicted molar refractivity (Wildman–Crippen MR) is 143 cm³/mol. The SMILES string of the molecule is COc1ccc(N=Cc2ccc(CN(Cc3ccc(C)cc3)S(=O)(=O)c3ccc(Cl)cc3)o2)cc1Cl. The van der Waals surface area contributed by atoms with Crippen LogP contribution in [-0.4, -0.2) is 26.0 Å². The number of hydrogen-bond acceptors (Lipinski definition) is 5. The molecule has 0 aliphatic heterocycles. The van der Waals surface area contributed by atoms with Gasteiger partial charge in [0.25, 0.3) is 0 Å². The molecule has 4 rings (SSSR count). The highest BCUT2D eigenvalue weighted by atomic mass is 35.5. The number of aryl methyl sites for hydroxylation is 1. The molecular weight excluding hydrogens is 519 g/mol. The molecule has 0 bridgehead atoms. The molecule has 0 atom stereocenters. The molecule has 0 aliphatic rings. The van der Waals surface area contributed by atoms with Gasteiger partial charge < -0.3 is 9.15 Å². The largest absolute Gasteiger partial charge is 0.495 e. The summed E-state index contributed by atoms with van der Waals surface area (Å²) >= 11 is 12.1. The minimum absolute atomic E-state index is 0.0427. The topological polar surface area (TPSA) is 72.1 Å². The lowest BCUT2D eigenvalue weighted by Gasteiger charge is -2.21. The Bertz CT molecular complexity index is 1460. The van der Waals surface area contributed by atoms with Crippen LogP contribution in [0.1, 0.15) is 22.6 Å². The van der Waals surface area contributed by atoms with Crippen LogP contribution < -0.4 is 4.74 Å². The zero-order valence-corrected chi connectivity index (χ0v) is 22.0. The minimum Gasteiger partial charge on any atom is -0.495 e. The highest BCUT2D eigenvalue weighted by molar-refractivity contribution is 7.89. The van der Waals surface area contributed by atoms with E-state index < -0.39 is 10.0 Å². The molecule has 0 saturated heterocycles. The maximum absolute atomic E-state index is 13.5. The normalized spacial score (nSPS) is 11.9. The fourth-order valence-corrected chi connectivity index (χ4v) is 5.25. The van der Waals surface area contributed by atoms with Crippen LogP contribution >= 0.6 is 23.2 Å². The number of methoxy groups -OCH3 is 1. The van der Waals surface area contributed by atoms with Crippen LogP contribution in [-0.2, 0) is 23.1 Å². The van der Waals surface area contributed by atoms with E-state index in [0.29, 0.717) is 33.0 Å². The van der Waals surface area contributed by atoms with E-state index in [9.17, 15) is 8.42 Å². The summed E-state index contributed by atoms with van der Waals surface area (Å²) in [5.41, 5.74) is 2.59. The number of benzene rings is 3. The van der Waals surface area contributed by atoms with E-state index in [0.717, 1.165) is 11.1 Å². The number of furan rings is 1. The van der Waals surface area contributed by atoms with Crippen molar-refractivity contribution in [3.05, 3.63) is 112 Å². The third-order valence-electron chi connectivity index (χ3n) is 5.42. The lowest BCUT2D eigenvalue weighted by atomic mass is 10.1. The van der Waals surface area contributed by atoms with Crippen LogP contribution in [0.25, 0.3) is 0 Å². The molecule has 0 radical (unpaired) electrons. The minimum atomic E-state index is -3.83. The number of rotatable bonds is 9. The van der Waals surface area contributed by atoms with Gasteiger partial charge in [0.05, 0.1) is 35.5 Å². The second kappa shape index (κ2) is 11.3. The molecule has 186 valence electrons. The van der Waals surface area contributed by atoms with Crippen molar-refractivity contribution in [3.63, 3.8) is 0 Å². The summed E-state index contributed by atoms with van der Waals surface area (Å²) in [4.78, 5) is 4.54. The van der Waals surface area contributed by atoms with Crippen molar-refractivity contribution < 1.29 is 17.6 Å². The number of hydrogen-bond donors (Lipinski definition) is 0. The summed E-state index contributed by atoms with van der Waals surface area (Å²) in [5.74, 6) is 1.52. The molecule has 9 heteroatoms. The lowest BCUT2D eigenvalue weighted by Crippen LogP contribution is -2.30. The Hall–Kier alpha value is -3.10. The molecule has 0 spiro atoms. The summed E-state index contributed by atoms with van der Waals surface area (Å²) in [6, 6.07) is 22.5. The molecular formula is C27H24Cl2N2O4S. The van der Waals surface area contributed by atoms with Gasteiger partial charge >= 0.3 is 0 Å². The van der Waals surface area contributed by atoms with Gasteiger partial charge in [0, 0.05) is 11.6 Å². The Balaban J connectivity index is 1.57. The molecule has 3 aromatic carbocycles. The summed E-state index contributed by atoms with van der Waals surface area (Å²) < 4.78 is 39.4. The molecule has 36 heavy (non-hydrogen) atoms. The van der Waals surface area contributed by atoms with Gasteiger partial charge in [-0.05, 0) is 67.1 Å². The molecule has 0 fully saturated rings. The molecule has 1 aromatic heterocycles. The van der Waals surface area contributed by atoms with Crippen molar-refractivity contribution in [2.75, 3.05) is 7.11 Å². The fourth-order valence-electron chi connectivity index (χ4n) is 3.48. The van der Waals surface area contributed by atoms with Crippen molar-refractivity contribution in [2.24, 2.45) is 4.99 Å². The van der Waals surface area contributed by atoms with Gasteiger partial charge in [-0.2, -0.15) is 4.31 Å².